The maximum atomic E-state index is 13.0. The van der Waals surface area contributed by atoms with Crippen LogP contribution in [0.25, 0.3) is 16.4 Å². The van der Waals surface area contributed by atoms with Crippen LogP contribution in [-0.4, -0.2) is 21.9 Å². The van der Waals surface area contributed by atoms with Gasteiger partial charge in [0.15, 0.2) is 5.69 Å². The summed E-state index contributed by atoms with van der Waals surface area (Å²) in [5.74, 6) is 0.710. The normalized spacial score (nSPS) is 11.9. The van der Waals surface area contributed by atoms with Crippen LogP contribution in [0.1, 0.15) is 11.3 Å². The summed E-state index contributed by atoms with van der Waals surface area (Å²) in [6.07, 6.45) is -4.56. The Balaban J connectivity index is 1.65. The van der Waals surface area contributed by atoms with Gasteiger partial charge < -0.3 is 4.74 Å². The van der Waals surface area contributed by atoms with Crippen LogP contribution >= 0.6 is 22.9 Å². The molecule has 0 radical (unpaired) electrons. The number of hydrogen-bond acceptors (Lipinski definition) is 6. The van der Waals surface area contributed by atoms with Gasteiger partial charge in [0, 0.05) is 10.9 Å². The molecule has 0 aliphatic carbocycles. The summed E-state index contributed by atoms with van der Waals surface area (Å²) in [5, 5.41) is 12.6. The molecule has 2 aromatic heterocycles. The molecule has 0 saturated heterocycles. The van der Waals surface area contributed by atoms with E-state index in [1.54, 1.807) is 31.5 Å². The number of benzene rings is 2. The zero-order valence-corrected chi connectivity index (χ0v) is 18.7. The van der Waals surface area contributed by atoms with Crippen molar-refractivity contribution >= 4 is 34.3 Å². The Morgan fingerprint density at radius 3 is 2.55 bits per heavy atom. The number of nitrogens with one attached hydrogen (secondary N) is 1. The molecule has 0 aliphatic heterocycles. The molecule has 0 amide bonds. The van der Waals surface area contributed by atoms with Gasteiger partial charge in [-0.25, -0.2) is 4.98 Å². The highest BCUT2D eigenvalue weighted by atomic mass is 35.5. The summed E-state index contributed by atoms with van der Waals surface area (Å²) in [7, 11) is 1.58. The second kappa shape index (κ2) is 8.83. The number of azo groups is 1. The molecule has 1 N–H and O–H groups in total. The lowest BCUT2D eigenvalue weighted by atomic mass is 10.2. The molecule has 0 fully saturated rings. The Hall–Kier alpha value is -3.44. The summed E-state index contributed by atoms with van der Waals surface area (Å²) >= 11 is 7.18. The molecule has 2 aromatic carbocycles. The van der Waals surface area contributed by atoms with E-state index in [0.717, 1.165) is 23.8 Å². The van der Waals surface area contributed by atoms with Gasteiger partial charge in [-0.1, -0.05) is 11.6 Å². The highest BCUT2D eigenvalue weighted by Crippen LogP contribution is 2.35. The van der Waals surface area contributed by atoms with E-state index in [4.69, 9.17) is 16.3 Å². The monoisotopic (exact) mass is 493 g/mol. The van der Waals surface area contributed by atoms with Crippen molar-refractivity contribution in [1.82, 2.24) is 14.8 Å². The average molecular weight is 494 g/mol. The van der Waals surface area contributed by atoms with Crippen LogP contribution in [0.15, 0.2) is 62.9 Å². The fourth-order valence-electron chi connectivity index (χ4n) is 2.92. The Morgan fingerprint density at radius 1 is 1.15 bits per heavy atom. The Kier molecular flexibility index (Phi) is 6.09. The molecule has 7 nitrogen and oxygen atoms in total. The van der Waals surface area contributed by atoms with E-state index in [0.29, 0.717) is 22.3 Å². The third-order valence-corrected chi connectivity index (χ3v) is 5.79. The fourth-order valence-corrected chi connectivity index (χ4v) is 3.87. The number of thiazole rings is 1. The van der Waals surface area contributed by atoms with Crippen molar-refractivity contribution in [2.24, 2.45) is 10.2 Å². The van der Waals surface area contributed by atoms with E-state index < -0.39 is 17.3 Å². The van der Waals surface area contributed by atoms with Crippen LogP contribution in [0.5, 0.6) is 5.75 Å². The van der Waals surface area contributed by atoms with Gasteiger partial charge >= 0.3 is 11.7 Å². The third kappa shape index (κ3) is 4.69. The van der Waals surface area contributed by atoms with E-state index in [1.165, 1.54) is 16.0 Å². The number of aryl methyl sites for hydroxylation is 1. The number of aromatic amines is 1. The van der Waals surface area contributed by atoms with Crippen LogP contribution < -0.4 is 10.3 Å². The second-order valence-electron chi connectivity index (χ2n) is 6.83. The highest BCUT2D eigenvalue weighted by Gasteiger charge is 2.31. The molecule has 12 heteroatoms. The number of rotatable bonds is 5. The minimum atomic E-state index is -4.56. The second-order valence-corrected chi connectivity index (χ2v) is 8.08. The predicted octanol–water partition coefficient (Wildman–Crippen LogP) is 6.69. The first-order chi connectivity index (χ1) is 15.7. The van der Waals surface area contributed by atoms with Crippen LogP contribution in [0, 0.1) is 6.92 Å². The zero-order chi connectivity index (χ0) is 23.8. The molecule has 170 valence electrons. The SMILES string of the molecule is COc1ccc(-c2csc(-n3[nH]c(C)c(N=Nc4cc(C(F)(F)F)ccc4Cl)c3=O)n2)cc1. The summed E-state index contributed by atoms with van der Waals surface area (Å²) in [6, 6.07) is 10.00. The number of aromatic nitrogens is 3. The minimum absolute atomic E-state index is 0.0238. The summed E-state index contributed by atoms with van der Waals surface area (Å²) in [5.41, 5.74) is 0.143. The molecule has 33 heavy (non-hydrogen) atoms. The quantitative estimate of drug-likeness (QED) is 0.314. The molecule has 0 saturated carbocycles. The summed E-state index contributed by atoms with van der Waals surface area (Å²) in [6.45, 7) is 1.60. The van der Waals surface area contributed by atoms with E-state index in [-0.39, 0.29) is 16.4 Å². The van der Waals surface area contributed by atoms with Gasteiger partial charge in [0.1, 0.15) is 11.4 Å². The van der Waals surface area contributed by atoms with E-state index in [9.17, 15) is 18.0 Å². The minimum Gasteiger partial charge on any atom is -0.497 e. The van der Waals surface area contributed by atoms with Gasteiger partial charge in [0.05, 0.1) is 29.1 Å². The van der Waals surface area contributed by atoms with Gasteiger partial charge in [-0.15, -0.1) is 21.6 Å². The molecule has 4 aromatic rings. The number of H-pyrrole nitrogens is 1. The standard InChI is InChI=1S/C21H15ClF3N5O2S/c1-11-18(28-27-16-9-13(21(23,24)25)5-8-15(16)22)19(31)30(29-11)20-26-17(10-33-20)12-3-6-14(32-2)7-4-12/h3-10,29H,1-2H3. The largest absolute Gasteiger partial charge is 0.497 e. The van der Waals surface area contributed by atoms with Gasteiger partial charge in [0.25, 0.3) is 0 Å². The lowest BCUT2D eigenvalue weighted by Gasteiger charge is -2.07. The number of alkyl halides is 3. The number of hydrogen-bond donors (Lipinski definition) is 1. The van der Waals surface area contributed by atoms with Gasteiger partial charge in [0.2, 0.25) is 5.13 Å². The molecular formula is C21H15ClF3N5O2S. The van der Waals surface area contributed by atoms with Crippen molar-refractivity contribution in [1.29, 1.82) is 0 Å². The third-order valence-electron chi connectivity index (χ3n) is 4.64. The molecule has 0 atom stereocenters. The smallest absolute Gasteiger partial charge is 0.416 e. The van der Waals surface area contributed by atoms with Crippen molar-refractivity contribution in [3.8, 4) is 22.1 Å². The number of ether oxygens (including phenoxy) is 1. The molecule has 0 unspecified atom stereocenters. The molecule has 2 heterocycles. The number of methoxy groups -OCH3 is 1. The first-order valence-electron chi connectivity index (χ1n) is 9.38. The number of nitrogens with zero attached hydrogens (tertiary/aromatic N) is 4. The Bertz CT molecular complexity index is 1390. The molecule has 4 rings (SSSR count). The van der Waals surface area contributed by atoms with Crippen LogP contribution in [-0.2, 0) is 6.18 Å². The molecular weight excluding hydrogens is 479 g/mol. The van der Waals surface area contributed by atoms with Gasteiger partial charge in [-0.3, -0.25) is 9.89 Å². The van der Waals surface area contributed by atoms with Crippen molar-refractivity contribution in [3.05, 3.63) is 74.5 Å². The average Bonchev–Trinajstić information content (AvgIpc) is 3.37. The first-order valence-corrected chi connectivity index (χ1v) is 10.6. The van der Waals surface area contributed by atoms with Crippen LogP contribution in [0.3, 0.4) is 0 Å². The molecule has 0 spiro atoms. The maximum absolute atomic E-state index is 13.0. The predicted molar refractivity (Wildman–Crippen MR) is 119 cm³/mol. The van der Waals surface area contributed by atoms with Crippen molar-refractivity contribution in [3.63, 3.8) is 0 Å². The van der Waals surface area contributed by atoms with E-state index in [2.05, 4.69) is 20.3 Å². The van der Waals surface area contributed by atoms with Crippen LogP contribution in [0.2, 0.25) is 5.02 Å². The van der Waals surface area contributed by atoms with E-state index in [1.807, 2.05) is 12.1 Å². The lowest BCUT2D eigenvalue weighted by molar-refractivity contribution is -0.137. The molecule has 0 bridgehead atoms. The van der Waals surface area contributed by atoms with Crippen LogP contribution in [0.4, 0.5) is 24.5 Å². The first kappa shape index (κ1) is 22.7. The fraction of sp³-hybridized carbons (Fsp3) is 0.143. The Labute approximate surface area is 194 Å². The molecule has 0 aliphatic rings. The van der Waals surface area contributed by atoms with Crippen molar-refractivity contribution in [2.75, 3.05) is 7.11 Å². The van der Waals surface area contributed by atoms with E-state index >= 15 is 0 Å². The zero-order valence-electron chi connectivity index (χ0n) is 17.1. The van der Waals surface area contributed by atoms with Gasteiger partial charge in [-0.05, 0) is 49.4 Å². The summed E-state index contributed by atoms with van der Waals surface area (Å²) in [4.78, 5) is 17.4. The number of halogens is 4. The van der Waals surface area contributed by atoms with Crippen molar-refractivity contribution in [2.45, 2.75) is 13.1 Å². The lowest BCUT2D eigenvalue weighted by Crippen LogP contribution is -2.13. The highest BCUT2D eigenvalue weighted by molar-refractivity contribution is 7.12. The van der Waals surface area contributed by atoms with Gasteiger partial charge in [-0.2, -0.15) is 17.9 Å². The topological polar surface area (TPSA) is 84.6 Å². The van der Waals surface area contributed by atoms with Crippen molar-refractivity contribution < 1.29 is 17.9 Å². The maximum Gasteiger partial charge on any atom is 0.416 e. The Morgan fingerprint density at radius 2 is 1.88 bits per heavy atom. The summed E-state index contributed by atoms with van der Waals surface area (Å²) < 4.78 is 45.2.